The highest BCUT2D eigenvalue weighted by Gasteiger charge is 2.31. The monoisotopic (exact) mass is 267 g/mol. The molecule has 0 fully saturated rings. The van der Waals surface area contributed by atoms with E-state index in [9.17, 15) is 13.2 Å². The van der Waals surface area contributed by atoms with Gasteiger partial charge in [-0.25, -0.2) is 0 Å². The van der Waals surface area contributed by atoms with Crippen LogP contribution in [-0.2, 0) is 12.6 Å². The third-order valence-corrected chi connectivity index (χ3v) is 2.47. The lowest BCUT2D eigenvalue weighted by Crippen LogP contribution is -2.42. The van der Waals surface area contributed by atoms with Gasteiger partial charge >= 0.3 is 6.18 Å². The molecule has 0 aliphatic heterocycles. The molecular formula is C11H13ClF3NO. The number of hydrogen-bond donors (Lipinski definition) is 2. The molecule has 17 heavy (non-hydrogen) atoms. The first-order valence-electron chi connectivity index (χ1n) is 4.90. The van der Waals surface area contributed by atoms with Gasteiger partial charge in [-0.3, -0.25) is 0 Å². The van der Waals surface area contributed by atoms with Crippen LogP contribution in [-0.4, -0.2) is 17.3 Å². The van der Waals surface area contributed by atoms with Crippen molar-refractivity contribution in [3.05, 3.63) is 34.3 Å². The van der Waals surface area contributed by atoms with E-state index in [-0.39, 0.29) is 18.1 Å². The number of alkyl halides is 3. The normalized spacial score (nSPS) is 15.7. The van der Waals surface area contributed by atoms with Gasteiger partial charge in [0, 0.05) is 10.6 Å². The van der Waals surface area contributed by atoms with Gasteiger partial charge in [0.2, 0.25) is 0 Å². The fourth-order valence-electron chi connectivity index (χ4n) is 1.44. The molecule has 0 spiro atoms. The van der Waals surface area contributed by atoms with E-state index in [1.807, 2.05) is 0 Å². The van der Waals surface area contributed by atoms with Crippen LogP contribution in [0.2, 0.25) is 5.02 Å². The Kier molecular flexibility index (Phi) is 4.06. The summed E-state index contributed by atoms with van der Waals surface area (Å²) in [6, 6.07) is 3.27. The lowest BCUT2D eigenvalue weighted by Gasteiger charge is -2.22. The molecule has 1 unspecified atom stereocenters. The molecule has 6 heteroatoms. The van der Waals surface area contributed by atoms with Crippen molar-refractivity contribution >= 4 is 11.6 Å². The number of aliphatic hydroxyl groups excluding tert-OH is 1. The molecule has 0 heterocycles. The van der Waals surface area contributed by atoms with Gasteiger partial charge in [-0.05, 0) is 37.1 Å². The number of halogens is 4. The second-order valence-electron chi connectivity index (χ2n) is 4.33. The van der Waals surface area contributed by atoms with Crippen molar-refractivity contribution in [1.29, 1.82) is 0 Å². The average molecular weight is 268 g/mol. The molecule has 0 aromatic heterocycles. The minimum absolute atomic E-state index is 0.00330. The van der Waals surface area contributed by atoms with Crippen LogP contribution in [0.4, 0.5) is 13.2 Å². The third kappa shape index (κ3) is 4.18. The highest BCUT2D eigenvalue weighted by Crippen LogP contribution is 2.32. The zero-order valence-corrected chi connectivity index (χ0v) is 9.94. The van der Waals surface area contributed by atoms with Crippen LogP contribution >= 0.6 is 11.6 Å². The lowest BCUT2D eigenvalue weighted by atomic mass is 9.94. The van der Waals surface area contributed by atoms with Crippen molar-refractivity contribution in [2.24, 2.45) is 5.73 Å². The summed E-state index contributed by atoms with van der Waals surface area (Å²) in [4.78, 5) is 0. The van der Waals surface area contributed by atoms with Crippen LogP contribution < -0.4 is 5.73 Å². The minimum Gasteiger partial charge on any atom is -0.394 e. The lowest BCUT2D eigenvalue weighted by molar-refractivity contribution is -0.137. The number of rotatable bonds is 3. The molecule has 0 saturated carbocycles. The molecule has 1 atom stereocenters. The Morgan fingerprint density at radius 2 is 1.88 bits per heavy atom. The number of benzene rings is 1. The molecule has 0 aliphatic carbocycles. The summed E-state index contributed by atoms with van der Waals surface area (Å²) in [5.41, 5.74) is 4.26. The van der Waals surface area contributed by atoms with Crippen LogP contribution in [0.3, 0.4) is 0 Å². The molecule has 2 nitrogen and oxygen atoms in total. The van der Waals surface area contributed by atoms with E-state index >= 15 is 0 Å². The highest BCUT2D eigenvalue weighted by molar-refractivity contribution is 6.30. The fourth-order valence-corrected chi connectivity index (χ4v) is 1.70. The second-order valence-corrected chi connectivity index (χ2v) is 4.77. The third-order valence-electron chi connectivity index (χ3n) is 2.25. The molecule has 0 aliphatic rings. The number of aliphatic hydroxyl groups is 1. The van der Waals surface area contributed by atoms with E-state index in [1.165, 1.54) is 6.07 Å². The Morgan fingerprint density at radius 1 is 1.29 bits per heavy atom. The summed E-state index contributed by atoms with van der Waals surface area (Å²) in [7, 11) is 0. The van der Waals surface area contributed by atoms with Gasteiger partial charge in [0.1, 0.15) is 0 Å². The van der Waals surface area contributed by atoms with Gasteiger partial charge in [-0.1, -0.05) is 11.6 Å². The average Bonchev–Trinajstić information content (AvgIpc) is 2.14. The Balaban J connectivity index is 3.06. The first kappa shape index (κ1) is 14.3. The van der Waals surface area contributed by atoms with E-state index in [2.05, 4.69) is 0 Å². The Hall–Kier alpha value is -0.780. The summed E-state index contributed by atoms with van der Waals surface area (Å²) in [5, 5.41) is 8.98. The maximum Gasteiger partial charge on any atom is 0.416 e. The predicted molar refractivity (Wildman–Crippen MR) is 59.8 cm³/mol. The topological polar surface area (TPSA) is 46.2 Å². The van der Waals surface area contributed by atoms with Gasteiger partial charge in [0.25, 0.3) is 0 Å². The minimum atomic E-state index is -4.44. The Morgan fingerprint density at radius 3 is 2.35 bits per heavy atom. The van der Waals surface area contributed by atoms with Crippen LogP contribution in [0, 0.1) is 0 Å². The standard InChI is InChI=1S/C11H13ClF3NO/c1-10(16,6-17)5-7-2-8(11(13,14)15)4-9(12)3-7/h2-4,17H,5-6,16H2,1H3. The molecule has 96 valence electrons. The van der Waals surface area contributed by atoms with Crippen molar-refractivity contribution < 1.29 is 18.3 Å². The van der Waals surface area contributed by atoms with Crippen LogP contribution in [0.1, 0.15) is 18.1 Å². The van der Waals surface area contributed by atoms with Gasteiger partial charge in [0.05, 0.1) is 12.2 Å². The van der Waals surface area contributed by atoms with Crippen LogP contribution in [0.15, 0.2) is 18.2 Å². The zero-order valence-electron chi connectivity index (χ0n) is 9.18. The van der Waals surface area contributed by atoms with Crippen molar-refractivity contribution in [3.8, 4) is 0 Å². The van der Waals surface area contributed by atoms with E-state index < -0.39 is 17.3 Å². The first-order chi connectivity index (χ1) is 7.64. The predicted octanol–water partition coefficient (Wildman–Crippen LogP) is 2.61. The summed E-state index contributed by atoms with van der Waals surface area (Å²) < 4.78 is 37.6. The van der Waals surface area contributed by atoms with Crippen LogP contribution in [0.5, 0.6) is 0 Å². The first-order valence-corrected chi connectivity index (χ1v) is 5.28. The zero-order chi connectivity index (χ0) is 13.3. The molecule has 1 rings (SSSR count). The van der Waals surface area contributed by atoms with Crippen molar-refractivity contribution in [1.82, 2.24) is 0 Å². The number of nitrogens with two attached hydrogens (primary N) is 1. The van der Waals surface area contributed by atoms with Gasteiger partial charge < -0.3 is 10.8 Å². The van der Waals surface area contributed by atoms with Crippen molar-refractivity contribution in [3.63, 3.8) is 0 Å². The molecule has 0 amide bonds. The van der Waals surface area contributed by atoms with Gasteiger partial charge in [-0.15, -0.1) is 0 Å². The smallest absolute Gasteiger partial charge is 0.394 e. The van der Waals surface area contributed by atoms with Crippen molar-refractivity contribution in [2.45, 2.75) is 25.1 Å². The molecular weight excluding hydrogens is 255 g/mol. The SMILES string of the molecule is CC(N)(CO)Cc1cc(Cl)cc(C(F)(F)F)c1. The van der Waals surface area contributed by atoms with Crippen LogP contribution in [0.25, 0.3) is 0 Å². The van der Waals surface area contributed by atoms with E-state index in [1.54, 1.807) is 6.92 Å². The Bertz CT molecular complexity index is 404. The fraction of sp³-hybridized carbons (Fsp3) is 0.455. The molecule has 0 saturated heterocycles. The van der Waals surface area contributed by atoms with Gasteiger partial charge in [-0.2, -0.15) is 13.2 Å². The maximum atomic E-state index is 12.5. The second kappa shape index (κ2) is 4.84. The van der Waals surface area contributed by atoms with E-state index in [0.717, 1.165) is 12.1 Å². The molecule has 0 bridgehead atoms. The molecule has 0 radical (unpaired) electrons. The highest BCUT2D eigenvalue weighted by atomic mass is 35.5. The van der Waals surface area contributed by atoms with E-state index in [4.69, 9.17) is 22.4 Å². The molecule has 1 aromatic carbocycles. The largest absolute Gasteiger partial charge is 0.416 e. The summed E-state index contributed by atoms with van der Waals surface area (Å²) >= 11 is 5.62. The van der Waals surface area contributed by atoms with Crippen molar-refractivity contribution in [2.75, 3.05) is 6.61 Å². The number of hydrogen-bond acceptors (Lipinski definition) is 2. The molecule has 3 N–H and O–H groups in total. The summed E-state index contributed by atoms with van der Waals surface area (Å²) in [5.74, 6) is 0. The summed E-state index contributed by atoms with van der Waals surface area (Å²) in [6.07, 6.45) is -4.32. The Labute approximate surface area is 102 Å². The van der Waals surface area contributed by atoms with E-state index in [0.29, 0.717) is 5.56 Å². The quantitative estimate of drug-likeness (QED) is 0.884. The van der Waals surface area contributed by atoms with Gasteiger partial charge in [0.15, 0.2) is 0 Å². The molecule has 1 aromatic rings. The summed E-state index contributed by atoms with van der Waals surface area (Å²) in [6.45, 7) is 1.24. The maximum absolute atomic E-state index is 12.5.